The fourth-order valence-electron chi connectivity index (χ4n) is 3.06. The molecule has 8 heteroatoms. The Morgan fingerprint density at radius 1 is 1.04 bits per heavy atom. The van der Waals surface area contributed by atoms with Gasteiger partial charge in [-0.3, -0.25) is 9.69 Å². The predicted octanol–water partition coefficient (Wildman–Crippen LogP) is 1.70. The van der Waals surface area contributed by atoms with E-state index in [1.54, 1.807) is 31.3 Å². The Balaban J connectivity index is 1.61. The predicted molar refractivity (Wildman–Crippen MR) is 99.8 cm³/mol. The molecule has 0 atom stereocenters. The van der Waals surface area contributed by atoms with Crippen LogP contribution in [0.15, 0.2) is 65.5 Å². The maximum atomic E-state index is 12.8. The first kappa shape index (κ1) is 16.8. The minimum atomic E-state index is -0.610. The van der Waals surface area contributed by atoms with Gasteiger partial charge in [0.05, 0.1) is 6.54 Å². The first-order chi connectivity index (χ1) is 13.1. The van der Waals surface area contributed by atoms with Crippen LogP contribution in [-0.2, 0) is 17.9 Å². The number of nitrogens with zero attached hydrogens (tertiary/aromatic N) is 5. The third-order valence-electron chi connectivity index (χ3n) is 4.51. The molecule has 0 saturated carbocycles. The van der Waals surface area contributed by atoms with Gasteiger partial charge in [-0.15, -0.1) is 0 Å². The average Bonchev–Trinajstić information content (AvgIpc) is 3.18. The number of fused-ring (bicyclic) bond motifs is 1. The molecule has 0 fully saturated rings. The highest BCUT2D eigenvalue weighted by atomic mass is 16.2. The summed E-state index contributed by atoms with van der Waals surface area (Å²) < 4.78 is 2.27. The van der Waals surface area contributed by atoms with Gasteiger partial charge in [-0.25, -0.2) is 14.3 Å². The lowest BCUT2D eigenvalue weighted by Gasteiger charge is -2.18. The number of likely N-dealkylation sites (N-methyl/N-ethyl adjacent to an activating group) is 1. The van der Waals surface area contributed by atoms with E-state index in [0.29, 0.717) is 17.2 Å². The summed E-state index contributed by atoms with van der Waals surface area (Å²) in [7, 11) is 1.63. The molecule has 2 amide bonds. The molecule has 0 N–H and O–H groups in total. The van der Waals surface area contributed by atoms with Crippen LogP contribution in [0.4, 0.5) is 16.2 Å². The fraction of sp³-hybridized carbons (Fsp3) is 0.158. The number of anilines is 2. The van der Waals surface area contributed by atoms with Crippen LogP contribution in [0.3, 0.4) is 0 Å². The number of para-hydroxylation sites is 2. The van der Waals surface area contributed by atoms with Gasteiger partial charge >= 0.3 is 11.7 Å². The minimum absolute atomic E-state index is 0.188. The first-order valence-electron chi connectivity index (χ1n) is 8.43. The summed E-state index contributed by atoms with van der Waals surface area (Å²) >= 11 is 0. The van der Waals surface area contributed by atoms with Gasteiger partial charge in [0.15, 0.2) is 5.82 Å². The molecule has 0 unspecified atom stereocenters. The SMILES string of the molecule is CN(C(=O)Cn1c(=O)nc2n1C(=O)N(c1ccccc1)C2)c1ccccc1. The maximum absolute atomic E-state index is 12.8. The van der Waals surface area contributed by atoms with Crippen LogP contribution in [-0.4, -0.2) is 33.3 Å². The van der Waals surface area contributed by atoms with Crippen LogP contribution in [0, 0.1) is 0 Å². The zero-order valence-electron chi connectivity index (χ0n) is 14.6. The summed E-state index contributed by atoms with van der Waals surface area (Å²) in [5.74, 6) is 0.000906. The molecule has 4 rings (SSSR count). The van der Waals surface area contributed by atoms with Gasteiger partial charge in [-0.2, -0.15) is 9.67 Å². The molecule has 136 valence electrons. The van der Waals surface area contributed by atoms with Gasteiger partial charge < -0.3 is 4.90 Å². The third kappa shape index (κ3) is 2.91. The van der Waals surface area contributed by atoms with Crippen LogP contribution in [0.25, 0.3) is 0 Å². The number of aromatic nitrogens is 3. The smallest absolute Gasteiger partial charge is 0.314 e. The van der Waals surface area contributed by atoms with Crippen molar-refractivity contribution in [1.29, 1.82) is 0 Å². The van der Waals surface area contributed by atoms with Crippen LogP contribution >= 0.6 is 0 Å². The summed E-state index contributed by atoms with van der Waals surface area (Å²) in [6.07, 6.45) is 0. The summed E-state index contributed by atoms with van der Waals surface area (Å²) in [5, 5.41) is 0. The molecule has 8 nitrogen and oxygen atoms in total. The van der Waals surface area contributed by atoms with Crippen molar-refractivity contribution in [3.8, 4) is 0 Å². The second-order valence-corrected chi connectivity index (χ2v) is 6.17. The van der Waals surface area contributed by atoms with Gasteiger partial charge in [-0.1, -0.05) is 36.4 Å². The number of carbonyl (C=O) groups is 2. The van der Waals surface area contributed by atoms with Crippen molar-refractivity contribution in [2.24, 2.45) is 0 Å². The number of amides is 2. The van der Waals surface area contributed by atoms with E-state index in [1.165, 1.54) is 14.5 Å². The van der Waals surface area contributed by atoms with Crippen LogP contribution in [0.5, 0.6) is 0 Å². The Morgan fingerprint density at radius 2 is 1.67 bits per heavy atom. The molecule has 1 aromatic heterocycles. The van der Waals surface area contributed by atoms with E-state index in [2.05, 4.69) is 4.98 Å². The lowest BCUT2D eigenvalue weighted by molar-refractivity contribution is -0.119. The largest absolute Gasteiger partial charge is 0.365 e. The molecule has 1 aliphatic heterocycles. The van der Waals surface area contributed by atoms with Crippen molar-refractivity contribution in [3.05, 3.63) is 77.0 Å². The highest BCUT2D eigenvalue weighted by Crippen LogP contribution is 2.22. The van der Waals surface area contributed by atoms with E-state index < -0.39 is 11.7 Å². The van der Waals surface area contributed by atoms with Crippen LogP contribution < -0.4 is 15.5 Å². The highest BCUT2D eigenvalue weighted by Gasteiger charge is 2.34. The molecule has 0 spiro atoms. The molecule has 2 aromatic carbocycles. The normalized spacial score (nSPS) is 12.9. The van der Waals surface area contributed by atoms with Crippen molar-refractivity contribution >= 4 is 23.3 Å². The van der Waals surface area contributed by atoms with Crippen LogP contribution in [0.2, 0.25) is 0 Å². The van der Waals surface area contributed by atoms with Gasteiger partial charge in [-0.05, 0) is 24.3 Å². The maximum Gasteiger partial charge on any atom is 0.365 e. The second kappa shape index (κ2) is 6.56. The number of hydrogen-bond acceptors (Lipinski definition) is 4. The molecule has 0 aliphatic carbocycles. The number of rotatable bonds is 4. The molecule has 0 bridgehead atoms. The zero-order valence-corrected chi connectivity index (χ0v) is 14.6. The molecule has 27 heavy (non-hydrogen) atoms. The summed E-state index contributed by atoms with van der Waals surface area (Å²) in [4.78, 5) is 44.6. The van der Waals surface area contributed by atoms with E-state index in [-0.39, 0.29) is 19.0 Å². The van der Waals surface area contributed by atoms with E-state index in [9.17, 15) is 14.4 Å². The Morgan fingerprint density at radius 3 is 2.33 bits per heavy atom. The van der Waals surface area contributed by atoms with E-state index in [1.807, 2.05) is 36.4 Å². The average molecular weight is 363 g/mol. The van der Waals surface area contributed by atoms with E-state index in [0.717, 1.165) is 4.68 Å². The third-order valence-corrected chi connectivity index (χ3v) is 4.51. The summed E-state index contributed by atoms with van der Waals surface area (Å²) in [5.41, 5.74) is 0.801. The van der Waals surface area contributed by atoms with Crippen molar-refractivity contribution in [2.75, 3.05) is 16.8 Å². The Labute approximate surface area is 154 Å². The monoisotopic (exact) mass is 363 g/mol. The lowest BCUT2D eigenvalue weighted by atomic mass is 10.3. The Kier molecular flexibility index (Phi) is 4.08. The lowest BCUT2D eigenvalue weighted by Crippen LogP contribution is -2.39. The quantitative estimate of drug-likeness (QED) is 0.707. The number of carbonyl (C=O) groups excluding carboxylic acids is 2. The molecule has 3 aromatic rings. The fourth-order valence-corrected chi connectivity index (χ4v) is 3.06. The standard InChI is InChI=1S/C19H17N5O3/c1-21(14-8-4-2-5-9-14)17(25)13-23-18(26)20-16-12-22(19(27)24(16)23)15-10-6-3-7-11-15/h2-11H,12-13H2,1H3. The van der Waals surface area contributed by atoms with E-state index >= 15 is 0 Å². The van der Waals surface area contributed by atoms with Gasteiger partial charge in [0.25, 0.3) is 0 Å². The van der Waals surface area contributed by atoms with Gasteiger partial charge in [0, 0.05) is 18.4 Å². The number of benzene rings is 2. The van der Waals surface area contributed by atoms with Crippen molar-refractivity contribution in [1.82, 2.24) is 14.3 Å². The molecular weight excluding hydrogens is 346 g/mol. The summed E-state index contributed by atoms with van der Waals surface area (Å²) in [6.45, 7) is -0.0839. The zero-order chi connectivity index (χ0) is 19.0. The first-order valence-corrected chi connectivity index (χ1v) is 8.43. The number of hydrogen-bond donors (Lipinski definition) is 0. The Bertz CT molecular complexity index is 1060. The molecule has 0 radical (unpaired) electrons. The van der Waals surface area contributed by atoms with Crippen LogP contribution in [0.1, 0.15) is 5.82 Å². The second-order valence-electron chi connectivity index (χ2n) is 6.17. The van der Waals surface area contributed by atoms with Gasteiger partial charge in [0.2, 0.25) is 5.91 Å². The molecule has 2 heterocycles. The van der Waals surface area contributed by atoms with Crippen molar-refractivity contribution in [2.45, 2.75) is 13.1 Å². The highest BCUT2D eigenvalue weighted by molar-refractivity contribution is 5.96. The van der Waals surface area contributed by atoms with E-state index in [4.69, 9.17) is 0 Å². The summed E-state index contributed by atoms with van der Waals surface area (Å²) in [6, 6.07) is 17.8. The molecule has 1 aliphatic rings. The van der Waals surface area contributed by atoms with Crippen molar-refractivity contribution < 1.29 is 9.59 Å². The van der Waals surface area contributed by atoms with Gasteiger partial charge in [0.1, 0.15) is 6.54 Å². The van der Waals surface area contributed by atoms with Crippen molar-refractivity contribution in [3.63, 3.8) is 0 Å². The minimum Gasteiger partial charge on any atom is -0.314 e. The molecular formula is C19H17N5O3. The Hall–Kier alpha value is -3.68. The topological polar surface area (TPSA) is 80.4 Å². The molecule has 0 saturated heterocycles.